The fourth-order valence-electron chi connectivity index (χ4n) is 4.12. The van der Waals surface area contributed by atoms with E-state index in [0.717, 1.165) is 18.5 Å². The smallest absolute Gasteiger partial charge is 0.337 e. The standard InChI is InChI=1S/C25H26N4O6/c1-28-21(24(31)27-20-6-5-16(13-26)11-19(20)25(32)33)12-17-3-2-4-22(23(17)28)35-15-18(30)14-29-7-9-34-10-8-29/h2-6,11-12,18,30H,7-10,14-15H2,1H3,(H,27,31)(H,32,33). The number of nitrogens with one attached hydrogen (secondary N) is 1. The quantitative estimate of drug-likeness (QED) is 0.448. The van der Waals surface area contributed by atoms with E-state index < -0.39 is 18.0 Å². The molecule has 2 aromatic carbocycles. The number of nitrogens with zero attached hydrogens (tertiary/aromatic N) is 3. The van der Waals surface area contributed by atoms with E-state index in [1.54, 1.807) is 29.8 Å². The Morgan fingerprint density at radius 1 is 1.23 bits per heavy atom. The molecule has 0 saturated carbocycles. The van der Waals surface area contributed by atoms with E-state index in [2.05, 4.69) is 10.2 Å². The Labute approximate surface area is 201 Å². The molecular formula is C25H26N4O6. The molecule has 0 radical (unpaired) electrons. The molecule has 0 bridgehead atoms. The Morgan fingerprint density at radius 3 is 2.71 bits per heavy atom. The number of amides is 1. The van der Waals surface area contributed by atoms with Crippen LogP contribution in [0.2, 0.25) is 0 Å². The number of carboxylic acid groups (broad SMARTS) is 1. The van der Waals surface area contributed by atoms with Gasteiger partial charge in [0.25, 0.3) is 5.91 Å². The van der Waals surface area contributed by atoms with Gasteiger partial charge in [-0.3, -0.25) is 9.69 Å². The monoisotopic (exact) mass is 478 g/mol. The van der Waals surface area contributed by atoms with Crippen LogP contribution in [-0.4, -0.2) is 77.1 Å². The molecule has 10 heteroatoms. The average molecular weight is 479 g/mol. The summed E-state index contributed by atoms with van der Waals surface area (Å²) >= 11 is 0. The number of hydrogen-bond donors (Lipinski definition) is 3. The molecule has 3 N–H and O–H groups in total. The number of fused-ring (bicyclic) bond motifs is 1. The number of β-amino-alcohol motifs (C(OH)–C–C–N with tert-alkyl or cyclic N) is 1. The number of nitriles is 1. The Morgan fingerprint density at radius 2 is 2.00 bits per heavy atom. The number of aliphatic hydroxyl groups excluding tert-OH is 1. The SMILES string of the molecule is Cn1c(C(=O)Nc2ccc(C#N)cc2C(=O)O)cc2cccc(OCC(O)CN3CCOCC3)c21. The highest BCUT2D eigenvalue weighted by molar-refractivity contribution is 6.09. The van der Waals surface area contributed by atoms with Gasteiger partial charge in [-0.2, -0.15) is 5.26 Å². The number of anilines is 1. The van der Waals surface area contributed by atoms with Crippen molar-refractivity contribution in [3.63, 3.8) is 0 Å². The zero-order chi connectivity index (χ0) is 24.9. The fourth-order valence-corrected chi connectivity index (χ4v) is 4.12. The van der Waals surface area contributed by atoms with Gasteiger partial charge in [-0.15, -0.1) is 0 Å². The van der Waals surface area contributed by atoms with Crippen molar-refractivity contribution in [3.05, 3.63) is 59.3 Å². The van der Waals surface area contributed by atoms with E-state index in [-0.39, 0.29) is 23.4 Å². The number of aromatic carboxylic acids is 1. The first-order valence-electron chi connectivity index (χ1n) is 11.2. The van der Waals surface area contributed by atoms with Gasteiger partial charge in [0.15, 0.2) is 0 Å². The maximum Gasteiger partial charge on any atom is 0.337 e. The van der Waals surface area contributed by atoms with Crippen molar-refractivity contribution in [1.29, 1.82) is 5.26 Å². The average Bonchev–Trinajstić information content (AvgIpc) is 3.20. The lowest BCUT2D eigenvalue weighted by Crippen LogP contribution is -2.42. The topological polar surface area (TPSA) is 137 Å². The molecular weight excluding hydrogens is 452 g/mol. The molecule has 1 atom stereocenters. The number of aliphatic hydroxyl groups is 1. The lowest BCUT2D eigenvalue weighted by atomic mass is 10.1. The molecule has 1 unspecified atom stereocenters. The Kier molecular flexibility index (Phi) is 7.31. The summed E-state index contributed by atoms with van der Waals surface area (Å²) in [5.74, 6) is -1.23. The third-order valence-electron chi connectivity index (χ3n) is 5.88. The van der Waals surface area contributed by atoms with E-state index >= 15 is 0 Å². The fraction of sp³-hybridized carbons (Fsp3) is 0.320. The first kappa shape index (κ1) is 24.2. The van der Waals surface area contributed by atoms with Crippen molar-refractivity contribution in [2.75, 3.05) is 44.8 Å². The van der Waals surface area contributed by atoms with Crippen LogP contribution in [0.4, 0.5) is 5.69 Å². The molecule has 182 valence electrons. The van der Waals surface area contributed by atoms with Gasteiger partial charge in [0, 0.05) is 32.1 Å². The normalized spacial score (nSPS) is 14.9. The van der Waals surface area contributed by atoms with Gasteiger partial charge in [0.1, 0.15) is 24.2 Å². The third-order valence-corrected chi connectivity index (χ3v) is 5.88. The van der Waals surface area contributed by atoms with Crippen LogP contribution in [-0.2, 0) is 11.8 Å². The van der Waals surface area contributed by atoms with Gasteiger partial charge in [-0.1, -0.05) is 12.1 Å². The van der Waals surface area contributed by atoms with Crippen LogP contribution in [0, 0.1) is 11.3 Å². The summed E-state index contributed by atoms with van der Waals surface area (Å²) in [6.07, 6.45) is -0.683. The zero-order valence-corrected chi connectivity index (χ0v) is 19.2. The molecule has 4 rings (SSSR count). The van der Waals surface area contributed by atoms with Gasteiger partial charge in [-0.25, -0.2) is 4.79 Å². The highest BCUT2D eigenvalue weighted by Crippen LogP contribution is 2.29. The molecule has 1 saturated heterocycles. The predicted octanol–water partition coefficient (Wildman–Crippen LogP) is 2.07. The molecule has 3 aromatic rings. The Hall–Kier alpha value is -3.91. The maximum absolute atomic E-state index is 13.0. The molecule has 0 aliphatic carbocycles. The van der Waals surface area contributed by atoms with Crippen LogP contribution in [0.1, 0.15) is 26.4 Å². The molecule has 1 amide bonds. The largest absolute Gasteiger partial charge is 0.489 e. The van der Waals surface area contributed by atoms with Gasteiger partial charge >= 0.3 is 5.97 Å². The summed E-state index contributed by atoms with van der Waals surface area (Å²) in [6.45, 7) is 3.42. The molecule has 0 spiro atoms. The predicted molar refractivity (Wildman–Crippen MR) is 128 cm³/mol. The van der Waals surface area contributed by atoms with Crippen LogP contribution >= 0.6 is 0 Å². The first-order chi connectivity index (χ1) is 16.9. The second-order valence-corrected chi connectivity index (χ2v) is 8.29. The summed E-state index contributed by atoms with van der Waals surface area (Å²) in [4.78, 5) is 26.8. The number of hydrogen-bond acceptors (Lipinski definition) is 7. The van der Waals surface area contributed by atoms with Crippen LogP contribution in [0.15, 0.2) is 42.5 Å². The number of aryl methyl sites for hydroxylation is 1. The number of carbonyl (C=O) groups is 2. The number of ether oxygens (including phenoxy) is 2. The minimum atomic E-state index is -1.25. The zero-order valence-electron chi connectivity index (χ0n) is 19.2. The third kappa shape index (κ3) is 5.44. The van der Waals surface area contributed by atoms with Crippen molar-refractivity contribution in [2.45, 2.75) is 6.10 Å². The molecule has 1 aliphatic heterocycles. The highest BCUT2D eigenvalue weighted by Gasteiger charge is 2.20. The van der Waals surface area contributed by atoms with Crippen LogP contribution in [0.3, 0.4) is 0 Å². The van der Waals surface area contributed by atoms with E-state index in [9.17, 15) is 19.8 Å². The molecule has 1 aromatic heterocycles. The van der Waals surface area contributed by atoms with Crippen molar-refractivity contribution < 1.29 is 29.3 Å². The molecule has 10 nitrogen and oxygen atoms in total. The van der Waals surface area contributed by atoms with Gasteiger partial charge in [0.05, 0.1) is 41.6 Å². The highest BCUT2D eigenvalue weighted by atomic mass is 16.5. The summed E-state index contributed by atoms with van der Waals surface area (Å²) in [5, 5.41) is 32.3. The van der Waals surface area contributed by atoms with Gasteiger partial charge < -0.3 is 29.6 Å². The van der Waals surface area contributed by atoms with Crippen molar-refractivity contribution >= 4 is 28.5 Å². The minimum absolute atomic E-state index is 0.0921. The molecule has 2 heterocycles. The maximum atomic E-state index is 13.0. The van der Waals surface area contributed by atoms with Crippen molar-refractivity contribution in [1.82, 2.24) is 9.47 Å². The Balaban J connectivity index is 1.52. The van der Waals surface area contributed by atoms with Gasteiger partial charge in [-0.05, 0) is 30.3 Å². The number of aromatic nitrogens is 1. The number of benzene rings is 2. The minimum Gasteiger partial charge on any atom is -0.489 e. The molecule has 1 fully saturated rings. The summed E-state index contributed by atoms with van der Waals surface area (Å²) in [5.41, 5.74) is 1.08. The summed E-state index contributed by atoms with van der Waals surface area (Å²) in [6, 6.07) is 13.0. The lowest BCUT2D eigenvalue weighted by Gasteiger charge is -2.28. The second kappa shape index (κ2) is 10.6. The number of carboxylic acids is 1. The molecule has 35 heavy (non-hydrogen) atoms. The van der Waals surface area contributed by atoms with Gasteiger partial charge in [0.2, 0.25) is 0 Å². The van der Waals surface area contributed by atoms with E-state index in [0.29, 0.717) is 36.7 Å². The van der Waals surface area contributed by atoms with Crippen LogP contribution < -0.4 is 10.1 Å². The first-order valence-corrected chi connectivity index (χ1v) is 11.2. The number of para-hydroxylation sites is 1. The number of morpholine rings is 1. The Bertz CT molecular complexity index is 1290. The molecule has 1 aliphatic rings. The number of rotatable bonds is 8. The van der Waals surface area contributed by atoms with Crippen molar-refractivity contribution in [2.24, 2.45) is 7.05 Å². The van der Waals surface area contributed by atoms with E-state index in [4.69, 9.17) is 14.7 Å². The lowest BCUT2D eigenvalue weighted by molar-refractivity contribution is 0.00476. The second-order valence-electron chi connectivity index (χ2n) is 8.29. The number of carbonyl (C=O) groups excluding carboxylic acids is 1. The van der Waals surface area contributed by atoms with Crippen molar-refractivity contribution in [3.8, 4) is 11.8 Å². The van der Waals surface area contributed by atoms with E-state index in [1.807, 2.05) is 12.1 Å². The van der Waals surface area contributed by atoms with E-state index in [1.165, 1.54) is 18.2 Å². The summed E-state index contributed by atoms with van der Waals surface area (Å²) in [7, 11) is 1.71. The van der Waals surface area contributed by atoms with Crippen LogP contribution in [0.25, 0.3) is 10.9 Å². The summed E-state index contributed by atoms with van der Waals surface area (Å²) < 4.78 is 12.9. The van der Waals surface area contributed by atoms with Crippen LogP contribution in [0.5, 0.6) is 5.75 Å².